The first-order valence-electron chi connectivity index (χ1n) is 11.6. The number of hydrogen-bond acceptors (Lipinski definition) is 3. The Morgan fingerprint density at radius 3 is 2.81 bits per heavy atom. The van der Waals surface area contributed by atoms with Gasteiger partial charge in [-0.15, -0.1) is 11.8 Å². The van der Waals surface area contributed by atoms with Crippen LogP contribution in [0.4, 0.5) is 11.4 Å². The first-order chi connectivity index (χ1) is 15.0. The van der Waals surface area contributed by atoms with Crippen LogP contribution in [0.5, 0.6) is 0 Å². The highest BCUT2D eigenvalue weighted by Gasteiger charge is 2.20. The second-order valence-electron chi connectivity index (χ2n) is 8.45. The lowest BCUT2D eigenvalue weighted by atomic mass is 9.98. The molecule has 0 aromatic heterocycles. The largest absolute Gasteiger partial charge is 0.371 e. The minimum atomic E-state index is 0.376. The number of hydrogen-bond donors (Lipinski definition) is 1. The molecular formula is C26H37N3S2. The smallest absolute Gasteiger partial charge is 0.173 e. The van der Waals surface area contributed by atoms with Crippen LogP contribution in [0.15, 0.2) is 47.4 Å². The molecule has 2 aromatic carbocycles. The van der Waals surface area contributed by atoms with Crippen molar-refractivity contribution in [1.29, 1.82) is 0 Å². The van der Waals surface area contributed by atoms with E-state index >= 15 is 0 Å². The molecule has 3 nitrogen and oxygen atoms in total. The third kappa shape index (κ3) is 6.39. The van der Waals surface area contributed by atoms with E-state index in [1.54, 1.807) is 11.8 Å². The summed E-state index contributed by atoms with van der Waals surface area (Å²) in [4.78, 5) is 6.15. The molecule has 3 rings (SSSR count). The van der Waals surface area contributed by atoms with E-state index < -0.39 is 0 Å². The summed E-state index contributed by atoms with van der Waals surface area (Å²) in [7, 11) is 0. The molecule has 1 heterocycles. The van der Waals surface area contributed by atoms with Crippen molar-refractivity contribution in [2.75, 3.05) is 29.6 Å². The van der Waals surface area contributed by atoms with Gasteiger partial charge in [-0.3, -0.25) is 0 Å². The minimum Gasteiger partial charge on any atom is -0.371 e. The average Bonchev–Trinajstić information content (AvgIpc) is 2.80. The summed E-state index contributed by atoms with van der Waals surface area (Å²) in [6.45, 7) is 9.96. The van der Waals surface area contributed by atoms with E-state index in [4.69, 9.17) is 12.2 Å². The predicted molar refractivity (Wildman–Crippen MR) is 142 cm³/mol. The molecule has 0 fully saturated rings. The highest BCUT2D eigenvalue weighted by molar-refractivity contribution is 7.98. The number of anilines is 2. The lowest BCUT2D eigenvalue weighted by Crippen LogP contribution is -2.40. The maximum atomic E-state index is 5.87. The van der Waals surface area contributed by atoms with Gasteiger partial charge in [0.15, 0.2) is 5.11 Å². The number of nitrogens with one attached hydrogen (secondary N) is 1. The Morgan fingerprint density at radius 2 is 2.06 bits per heavy atom. The zero-order chi connectivity index (χ0) is 22.2. The van der Waals surface area contributed by atoms with Crippen LogP contribution in [0, 0.1) is 0 Å². The number of fused-ring (bicyclic) bond motifs is 1. The maximum Gasteiger partial charge on any atom is 0.173 e. The molecule has 0 bridgehead atoms. The van der Waals surface area contributed by atoms with Crippen LogP contribution in [-0.2, 0) is 13.0 Å². The zero-order valence-corrected chi connectivity index (χ0v) is 21.1. The zero-order valence-electron chi connectivity index (χ0n) is 19.5. The summed E-state index contributed by atoms with van der Waals surface area (Å²) in [6, 6.07) is 15.9. The normalized spacial score (nSPS) is 14.1. The Labute approximate surface area is 198 Å². The van der Waals surface area contributed by atoms with Crippen LogP contribution in [0.2, 0.25) is 0 Å². The monoisotopic (exact) mass is 455 g/mol. The van der Waals surface area contributed by atoms with E-state index in [2.05, 4.69) is 84.6 Å². The fourth-order valence-corrected chi connectivity index (χ4v) is 4.97. The molecule has 1 atom stereocenters. The van der Waals surface area contributed by atoms with Crippen molar-refractivity contribution in [3.63, 3.8) is 0 Å². The number of unbranched alkanes of at least 4 members (excludes halogenated alkanes) is 1. The molecule has 1 unspecified atom stereocenters. The van der Waals surface area contributed by atoms with Gasteiger partial charge < -0.3 is 15.1 Å². The molecule has 0 saturated heterocycles. The predicted octanol–water partition coefficient (Wildman–Crippen LogP) is 6.96. The molecule has 0 amide bonds. The molecule has 2 aromatic rings. The molecule has 168 valence electrons. The first-order valence-corrected chi connectivity index (χ1v) is 13.3. The summed E-state index contributed by atoms with van der Waals surface area (Å²) in [6.07, 6.45) is 8.10. The van der Waals surface area contributed by atoms with Gasteiger partial charge >= 0.3 is 0 Å². The molecular weight excluding hydrogens is 418 g/mol. The van der Waals surface area contributed by atoms with Crippen molar-refractivity contribution in [2.24, 2.45) is 0 Å². The van der Waals surface area contributed by atoms with E-state index in [0.717, 1.165) is 23.8 Å². The SMILES string of the molecule is CCCCN1CCCc2cc(CN(C(=S)Nc3cccc(SC)c3)C(C)CC)ccc21. The number of nitrogens with zero attached hydrogens (tertiary/aromatic N) is 2. The molecule has 31 heavy (non-hydrogen) atoms. The molecule has 1 aliphatic heterocycles. The van der Waals surface area contributed by atoms with E-state index in [-0.39, 0.29) is 0 Å². The van der Waals surface area contributed by atoms with Gasteiger partial charge in [0.25, 0.3) is 0 Å². The minimum absolute atomic E-state index is 0.376. The van der Waals surface area contributed by atoms with E-state index in [1.165, 1.54) is 60.5 Å². The fraction of sp³-hybridized carbons (Fsp3) is 0.500. The molecule has 0 saturated carbocycles. The number of thioether (sulfide) groups is 1. The average molecular weight is 456 g/mol. The molecule has 1 aliphatic rings. The number of benzene rings is 2. The van der Waals surface area contributed by atoms with E-state index in [1.807, 2.05) is 0 Å². The van der Waals surface area contributed by atoms with Gasteiger partial charge in [0.1, 0.15) is 0 Å². The summed E-state index contributed by atoms with van der Waals surface area (Å²) in [5.41, 5.74) is 5.34. The standard InChI is InChI=1S/C26H37N3S2/c1-5-7-15-28-16-9-10-22-17-21(13-14-25(22)28)19-29(20(3)6-2)26(30)27-23-11-8-12-24(18-23)31-4/h8,11-14,17-18,20H,5-7,9-10,15-16,19H2,1-4H3,(H,27,30). The van der Waals surface area contributed by atoms with Crippen molar-refractivity contribution in [3.8, 4) is 0 Å². The second kappa shape index (κ2) is 11.8. The van der Waals surface area contributed by atoms with Crippen LogP contribution in [0.1, 0.15) is 57.6 Å². The summed E-state index contributed by atoms with van der Waals surface area (Å²) in [5, 5.41) is 4.28. The Bertz CT molecular complexity index is 867. The van der Waals surface area contributed by atoms with Gasteiger partial charge in [-0.1, -0.05) is 38.5 Å². The van der Waals surface area contributed by atoms with Crippen molar-refractivity contribution >= 4 is 40.5 Å². The fourth-order valence-electron chi connectivity index (χ4n) is 4.15. The number of aryl methyl sites for hydroxylation is 1. The van der Waals surface area contributed by atoms with Crippen molar-refractivity contribution in [3.05, 3.63) is 53.6 Å². The third-order valence-electron chi connectivity index (χ3n) is 6.20. The van der Waals surface area contributed by atoms with Crippen molar-refractivity contribution < 1.29 is 0 Å². The number of thiocarbonyl (C=S) groups is 1. The van der Waals surface area contributed by atoms with Crippen molar-refractivity contribution in [1.82, 2.24) is 4.90 Å². The molecule has 0 aliphatic carbocycles. The summed E-state index contributed by atoms with van der Waals surface area (Å²) in [5.74, 6) is 0. The topological polar surface area (TPSA) is 18.5 Å². The molecule has 1 N–H and O–H groups in total. The van der Waals surface area contributed by atoms with Crippen LogP contribution in [0.25, 0.3) is 0 Å². The first kappa shape index (κ1) is 23.9. The van der Waals surface area contributed by atoms with Crippen LogP contribution < -0.4 is 10.2 Å². The quantitative estimate of drug-likeness (QED) is 0.324. The Kier molecular flexibility index (Phi) is 9.09. The van der Waals surface area contributed by atoms with Gasteiger partial charge in [-0.2, -0.15) is 0 Å². The summed E-state index contributed by atoms with van der Waals surface area (Å²) < 4.78 is 0. The van der Waals surface area contributed by atoms with Gasteiger partial charge in [0, 0.05) is 41.9 Å². The highest BCUT2D eigenvalue weighted by Crippen LogP contribution is 2.29. The van der Waals surface area contributed by atoms with Crippen molar-refractivity contribution in [2.45, 2.75) is 70.4 Å². The Hall–Kier alpha value is -1.72. The maximum absolute atomic E-state index is 5.87. The number of rotatable bonds is 9. The van der Waals surface area contributed by atoms with E-state index in [0.29, 0.717) is 6.04 Å². The lowest BCUT2D eigenvalue weighted by molar-refractivity contribution is 0.319. The Balaban J connectivity index is 1.75. The molecule has 5 heteroatoms. The second-order valence-corrected chi connectivity index (χ2v) is 9.72. The van der Waals surface area contributed by atoms with Crippen LogP contribution >= 0.6 is 24.0 Å². The molecule has 0 radical (unpaired) electrons. The third-order valence-corrected chi connectivity index (χ3v) is 7.26. The van der Waals surface area contributed by atoms with Gasteiger partial charge in [0.05, 0.1) is 0 Å². The highest BCUT2D eigenvalue weighted by atomic mass is 32.2. The van der Waals surface area contributed by atoms with Crippen LogP contribution in [-0.4, -0.2) is 35.4 Å². The Morgan fingerprint density at radius 1 is 1.23 bits per heavy atom. The van der Waals surface area contributed by atoms with E-state index in [9.17, 15) is 0 Å². The summed E-state index contributed by atoms with van der Waals surface area (Å²) >= 11 is 7.61. The van der Waals surface area contributed by atoms with Crippen LogP contribution in [0.3, 0.4) is 0 Å². The molecule has 0 spiro atoms. The van der Waals surface area contributed by atoms with Gasteiger partial charge in [-0.05, 0) is 86.5 Å². The lowest BCUT2D eigenvalue weighted by Gasteiger charge is -2.34. The van der Waals surface area contributed by atoms with Gasteiger partial charge in [0.2, 0.25) is 0 Å². The van der Waals surface area contributed by atoms with Gasteiger partial charge in [-0.25, -0.2) is 0 Å².